The van der Waals surface area contributed by atoms with Gasteiger partial charge < -0.3 is 9.47 Å². The number of amides is 2. The molecule has 0 saturated carbocycles. The molecule has 1 aliphatic rings. The summed E-state index contributed by atoms with van der Waals surface area (Å²) in [5, 5.41) is 3.20. The quantitative estimate of drug-likeness (QED) is 0.164. The molecule has 0 bridgehead atoms. The van der Waals surface area contributed by atoms with Crippen molar-refractivity contribution in [2.24, 2.45) is 0 Å². The van der Waals surface area contributed by atoms with Crippen LogP contribution in [0.1, 0.15) is 11.1 Å². The zero-order chi connectivity index (χ0) is 26.5. The van der Waals surface area contributed by atoms with Crippen molar-refractivity contribution in [3.8, 4) is 17.2 Å². The molecule has 4 aromatic rings. The summed E-state index contributed by atoms with van der Waals surface area (Å²) in [5.41, 5.74) is 1.81. The lowest BCUT2D eigenvalue weighted by Crippen LogP contribution is -2.54. The molecule has 188 valence electrons. The molecular formula is C30H21ClN2O4S. The van der Waals surface area contributed by atoms with Crippen molar-refractivity contribution in [1.29, 1.82) is 0 Å². The highest BCUT2D eigenvalue weighted by atomic mass is 35.5. The third-order valence-electron chi connectivity index (χ3n) is 5.74. The average molecular weight is 541 g/mol. The van der Waals surface area contributed by atoms with Gasteiger partial charge in [0.2, 0.25) is 0 Å². The summed E-state index contributed by atoms with van der Waals surface area (Å²) in [5.74, 6) is 0.664. The van der Waals surface area contributed by atoms with Crippen LogP contribution < -0.4 is 19.7 Å². The van der Waals surface area contributed by atoms with Crippen LogP contribution in [0.15, 0.2) is 109 Å². The van der Waals surface area contributed by atoms with Gasteiger partial charge in [0, 0.05) is 16.1 Å². The van der Waals surface area contributed by atoms with Crippen LogP contribution in [0.5, 0.6) is 17.2 Å². The molecule has 8 heteroatoms. The molecule has 1 aliphatic heterocycles. The van der Waals surface area contributed by atoms with E-state index in [1.807, 2.05) is 54.6 Å². The highest BCUT2D eigenvalue weighted by molar-refractivity contribution is 7.80. The van der Waals surface area contributed by atoms with E-state index < -0.39 is 11.8 Å². The summed E-state index contributed by atoms with van der Waals surface area (Å²) in [7, 11) is 0. The van der Waals surface area contributed by atoms with E-state index >= 15 is 0 Å². The summed E-state index contributed by atoms with van der Waals surface area (Å²) in [6.45, 7) is 0.230. The van der Waals surface area contributed by atoms with Crippen LogP contribution in [0.25, 0.3) is 6.08 Å². The molecule has 0 spiro atoms. The second-order valence-corrected chi connectivity index (χ2v) is 9.08. The van der Waals surface area contributed by atoms with Gasteiger partial charge in [-0.2, -0.15) is 0 Å². The first-order valence-electron chi connectivity index (χ1n) is 11.7. The van der Waals surface area contributed by atoms with Gasteiger partial charge in [-0.05, 0) is 66.8 Å². The number of nitrogens with one attached hydrogen (secondary N) is 1. The van der Waals surface area contributed by atoms with Gasteiger partial charge in [-0.1, -0.05) is 66.2 Å². The highest BCUT2D eigenvalue weighted by Gasteiger charge is 2.34. The molecule has 0 aliphatic carbocycles. The summed E-state index contributed by atoms with van der Waals surface area (Å²) >= 11 is 11.6. The summed E-state index contributed by atoms with van der Waals surface area (Å²) in [4.78, 5) is 27.6. The number of para-hydroxylation sites is 2. The summed E-state index contributed by atoms with van der Waals surface area (Å²) in [6, 6.07) is 30.8. The van der Waals surface area contributed by atoms with Crippen LogP contribution in [-0.2, 0) is 16.2 Å². The second kappa shape index (κ2) is 11.3. The molecule has 1 saturated heterocycles. The largest absolute Gasteiger partial charge is 0.488 e. The van der Waals surface area contributed by atoms with Gasteiger partial charge in [0.1, 0.15) is 29.4 Å². The molecule has 0 aromatic heterocycles. The third kappa shape index (κ3) is 5.59. The van der Waals surface area contributed by atoms with Gasteiger partial charge in [-0.25, -0.2) is 0 Å². The molecule has 1 N–H and O–H groups in total. The molecular weight excluding hydrogens is 520 g/mol. The van der Waals surface area contributed by atoms with E-state index in [2.05, 4.69) is 5.32 Å². The maximum atomic E-state index is 13.5. The van der Waals surface area contributed by atoms with Gasteiger partial charge in [-0.3, -0.25) is 19.8 Å². The number of anilines is 1. The Kier molecular flexibility index (Phi) is 7.49. The lowest BCUT2D eigenvalue weighted by molar-refractivity contribution is -0.122. The molecule has 6 nitrogen and oxygen atoms in total. The van der Waals surface area contributed by atoms with E-state index in [0.717, 1.165) is 5.56 Å². The highest BCUT2D eigenvalue weighted by Crippen LogP contribution is 2.29. The zero-order valence-electron chi connectivity index (χ0n) is 20.0. The van der Waals surface area contributed by atoms with E-state index in [4.69, 9.17) is 33.3 Å². The maximum absolute atomic E-state index is 13.5. The number of benzene rings is 4. The minimum atomic E-state index is -0.582. The Morgan fingerprint density at radius 3 is 2.24 bits per heavy atom. The fraction of sp³-hybridized carbons (Fsp3) is 0.0333. The first-order chi connectivity index (χ1) is 18.5. The van der Waals surface area contributed by atoms with Crippen LogP contribution in [0, 0.1) is 0 Å². The fourth-order valence-corrected chi connectivity index (χ4v) is 4.31. The summed E-state index contributed by atoms with van der Waals surface area (Å²) in [6.07, 6.45) is 1.50. The van der Waals surface area contributed by atoms with Gasteiger partial charge in [0.05, 0.1) is 5.69 Å². The van der Waals surface area contributed by atoms with Crippen molar-refractivity contribution in [2.75, 3.05) is 4.90 Å². The molecule has 0 atom stereocenters. The Morgan fingerprint density at radius 2 is 1.47 bits per heavy atom. The molecule has 0 radical (unpaired) electrons. The van der Waals surface area contributed by atoms with Crippen molar-refractivity contribution in [2.45, 2.75) is 6.61 Å². The number of carbonyl (C=O) groups excluding carboxylic acids is 2. The average Bonchev–Trinajstić information content (AvgIpc) is 2.92. The third-order valence-corrected chi connectivity index (χ3v) is 6.39. The zero-order valence-corrected chi connectivity index (χ0v) is 21.5. The van der Waals surface area contributed by atoms with Crippen molar-refractivity contribution >= 4 is 52.5 Å². The maximum Gasteiger partial charge on any atom is 0.270 e. The van der Waals surface area contributed by atoms with Crippen molar-refractivity contribution in [3.63, 3.8) is 0 Å². The smallest absolute Gasteiger partial charge is 0.270 e. The van der Waals surface area contributed by atoms with E-state index in [-0.39, 0.29) is 17.3 Å². The van der Waals surface area contributed by atoms with E-state index in [1.165, 1.54) is 11.0 Å². The second-order valence-electron chi connectivity index (χ2n) is 8.28. The minimum absolute atomic E-state index is 0.00266. The summed E-state index contributed by atoms with van der Waals surface area (Å²) < 4.78 is 11.8. The number of rotatable bonds is 7. The molecule has 1 heterocycles. The standard InChI is InChI=1S/C30H21ClN2O4S/c31-26-12-6-4-9-21(26)19-36-27-13-7-5-8-20(27)18-25-28(34)32-30(38)33(29(25)35)22-14-16-24(17-15-22)37-23-10-2-1-3-11-23/h1-18H,19H2,(H,32,34,38). The van der Waals surface area contributed by atoms with Gasteiger partial charge in [0.15, 0.2) is 5.11 Å². The Morgan fingerprint density at radius 1 is 0.816 bits per heavy atom. The van der Waals surface area contributed by atoms with E-state index in [9.17, 15) is 9.59 Å². The van der Waals surface area contributed by atoms with Gasteiger partial charge in [0.25, 0.3) is 11.8 Å². The predicted octanol–water partition coefficient (Wildman–Crippen LogP) is 6.54. The molecule has 2 amide bonds. The predicted molar refractivity (Wildman–Crippen MR) is 151 cm³/mol. The van der Waals surface area contributed by atoms with E-state index in [1.54, 1.807) is 48.5 Å². The number of thiocarbonyl (C=S) groups is 1. The SMILES string of the molecule is O=C1NC(=S)N(c2ccc(Oc3ccccc3)cc2)C(=O)C1=Cc1ccccc1OCc1ccccc1Cl. The Labute approximate surface area is 230 Å². The van der Waals surface area contributed by atoms with Crippen LogP contribution in [0.4, 0.5) is 5.69 Å². The van der Waals surface area contributed by atoms with Crippen molar-refractivity contribution < 1.29 is 19.1 Å². The molecule has 1 fully saturated rings. The Balaban J connectivity index is 1.38. The van der Waals surface area contributed by atoms with Crippen LogP contribution >= 0.6 is 23.8 Å². The first-order valence-corrected chi connectivity index (χ1v) is 12.5. The van der Waals surface area contributed by atoms with Crippen LogP contribution in [0.2, 0.25) is 5.02 Å². The molecule has 0 unspecified atom stereocenters. The normalized spacial score (nSPS) is 14.4. The topological polar surface area (TPSA) is 67.9 Å². The Hall–Kier alpha value is -4.46. The number of hydrogen-bond donors (Lipinski definition) is 1. The van der Waals surface area contributed by atoms with Crippen LogP contribution in [-0.4, -0.2) is 16.9 Å². The molecule has 5 rings (SSSR count). The number of carbonyl (C=O) groups is 2. The lowest BCUT2D eigenvalue weighted by atomic mass is 10.1. The number of hydrogen-bond acceptors (Lipinski definition) is 5. The monoisotopic (exact) mass is 540 g/mol. The fourth-order valence-electron chi connectivity index (χ4n) is 3.84. The van der Waals surface area contributed by atoms with Gasteiger partial charge >= 0.3 is 0 Å². The minimum Gasteiger partial charge on any atom is -0.488 e. The van der Waals surface area contributed by atoms with E-state index in [0.29, 0.717) is 33.5 Å². The Bertz CT molecular complexity index is 1540. The molecule has 38 heavy (non-hydrogen) atoms. The van der Waals surface area contributed by atoms with Crippen molar-refractivity contribution in [1.82, 2.24) is 5.32 Å². The first kappa shape index (κ1) is 25.2. The van der Waals surface area contributed by atoms with Crippen LogP contribution in [0.3, 0.4) is 0 Å². The number of ether oxygens (including phenoxy) is 2. The van der Waals surface area contributed by atoms with Gasteiger partial charge in [-0.15, -0.1) is 0 Å². The molecule has 4 aromatic carbocycles. The lowest BCUT2D eigenvalue weighted by Gasteiger charge is -2.29. The number of nitrogens with zero attached hydrogens (tertiary/aromatic N) is 1. The number of halogens is 1. The van der Waals surface area contributed by atoms with Crippen molar-refractivity contribution in [3.05, 3.63) is 125 Å².